The summed E-state index contributed by atoms with van der Waals surface area (Å²) in [4.78, 5) is 14.8. The van der Waals surface area contributed by atoms with Crippen molar-refractivity contribution >= 4 is 29.3 Å². The van der Waals surface area contributed by atoms with E-state index in [1.54, 1.807) is 0 Å². The van der Waals surface area contributed by atoms with Gasteiger partial charge in [0.05, 0.1) is 10.8 Å². The monoisotopic (exact) mass is 418 g/mol. The van der Waals surface area contributed by atoms with Crippen molar-refractivity contribution in [3.8, 4) is 11.4 Å². The van der Waals surface area contributed by atoms with Crippen molar-refractivity contribution in [3.05, 3.63) is 29.3 Å². The van der Waals surface area contributed by atoms with Crippen molar-refractivity contribution in [1.29, 1.82) is 0 Å². The van der Waals surface area contributed by atoms with Crippen LogP contribution >= 0.6 is 23.4 Å². The highest BCUT2D eigenvalue weighted by Gasteiger charge is 2.28. The summed E-state index contributed by atoms with van der Waals surface area (Å²) in [6, 6.07) is 8.51. The van der Waals surface area contributed by atoms with Crippen LogP contribution in [0.5, 0.6) is 0 Å². The number of amides is 1. The summed E-state index contributed by atoms with van der Waals surface area (Å²) in [5.41, 5.74) is 0.909. The lowest BCUT2D eigenvalue weighted by atomic mass is 10.0. The molecule has 2 heterocycles. The molecule has 0 N–H and O–H groups in total. The third kappa shape index (κ3) is 4.08. The number of aromatic nitrogens is 3. The zero-order valence-corrected chi connectivity index (χ0v) is 17.9. The number of benzene rings is 1. The predicted octanol–water partition coefficient (Wildman–Crippen LogP) is 5.21. The molecule has 1 atom stereocenters. The number of rotatable bonds is 5. The van der Waals surface area contributed by atoms with Crippen LogP contribution in [0.3, 0.4) is 0 Å². The molecule has 0 spiro atoms. The van der Waals surface area contributed by atoms with Gasteiger partial charge < -0.3 is 4.90 Å². The summed E-state index contributed by atoms with van der Waals surface area (Å²) in [5.74, 6) is 1.44. The average molecular weight is 419 g/mol. The molecule has 1 aromatic heterocycles. The summed E-state index contributed by atoms with van der Waals surface area (Å²) < 4.78 is 2.23. The molecule has 7 heteroatoms. The van der Waals surface area contributed by atoms with Crippen LogP contribution in [0.1, 0.15) is 57.9 Å². The van der Waals surface area contributed by atoms with Crippen molar-refractivity contribution in [2.45, 2.75) is 69.1 Å². The molecular formula is C21H27ClN4OS. The molecule has 0 bridgehead atoms. The predicted molar refractivity (Wildman–Crippen MR) is 114 cm³/mol. The maximum absolute atomic E-state index is 12.8. The average Bonchev–Trinajstić information content (AvgIpc) is 3.36. The molecule has 1 aromatic carbocycles. The lowest BCUT2D eigenvalue weighted by molar-refractivity contribution is -0.131. The quantitative estimate of drug-likeness (QED) is 0.625. The van der Waals surface area contributed by atoms with E-state index in [4.69, 9.17) is 11.6 Å². The first-order valence-corrected chi connectivity index (χ1v) is 11.6. The molecule has 0 radical (unpaired) electrons. The van der Waals surface area contributed by atoms with Gasteiger partial charge in [0, 0.05) is 24.2 Å². The molecule has 1 aliphatic carbocycles. The van der Waals surface area contributed by atoms with Gasteiger partial charge in [-0.25, -0.2) is 0 Å². The van der Waals surface area contributed by atoms with Crippen molar-refractivity contribution < 1.29 is 4.79 Å². The number of likely N-dealkylation sites (tertiary alicyclic amines) is 1. The normalized spacial score (nSPS) is 20.6. The second-order valence-electron chi connectivity index (χ2n) is 7.81. The van der Waals surface area contributed by atoms with Crippen LogP contribution in [0.15, 0.2) is 29.4 Å². The van der Waals surface area contributed by atoms with Crippen LogP contribution in [0.4, 0.5) is 0 Å². The first-order chi connectivity index (χ1) is 13.6. The minimum atomic E-state index is 0.206. The van der Waals surface area contributed by atoms with E-state index in [1.165, 1.54) is 31.0 Å². The molecule has 1 unspecified atom stereocenters. The molecule has 1 saturated heterocycles. The van der Waals surface area contributed by atoms with Crippen LogP contribution in [0.25, 0.3) is 11.4 Å². The van der Waals surface area contributed by atoms with E-state index < -0.39 is 0 Å². The van der Waals surface area contributed by atoms with Gasteiger partial charge in [0.1, 0.15) is 0 Å². The zero-order chi connectivity index (χ0) is 19.5. The van der Waals surface area contributed by atoms with Crippen molar-refractivity contribution in [3.63, 3.8) is 0 Å². The summed E-state index contributed by atoms with van der Waals surface area (Å²) >= 11 is 7.96. The standard InChI is InChI=1S/C21H27ClN4OS/c1-15-8-6-7-13-25(15)19(27)14-28-21-24-23-20(17-11-4-5-12-18(17)22)26(21)16-9-2-3-10-16/h4-5,11-12,15-16H,2-3,6-10,13-14H2,1H3. The molecule has 4 rings (SSSR count). The molecule has 2 aromatic rings. The fraction of sp³-hybridized carbons (Fsp3) is 0.571. The first kappa shape index (κ1) is 19.8. The van der Waals surface area contributed by atoms with E-state index >= 15 is 0 Å². The van der Waals surface area contributed by atoms with Gasteiger partial charge in [-0.1, -0.05) is 48.3 Å². The van der Waals surface area contributed by atoms with E-state index in [2.05, 4.69) is 21.7 Å². The maximum atomic E-state index is 12.8. The number of carbonyl (C=O) groups is 1. The first-order valence-electron chi connectivity index (χ1n) is 10.3. The molecule has 5 nitrogen and oxygen atoms in total. The molecule has 1 amide bonds. The number of nitrogens with zero attached hydrogens (tertiary/aromatic N) is 4. The van der Waals surface area contributed by atoms with Gasteiger partial charge in [-0.3, -0.25) is 9.36 Å². The Labute approximate surface area is 175 Å². The van der Waals surface area contributed by atoms with Crippen LogP contribution < -0.4 is 0 Å². The highest BCUT2D eigenvalue weighted by atomic mass is 35.5. The van der Waals surface area contributed by atoms with E-state index in [1.807, 2.05) is 29.2 Å². The highest BCUT2D eigenvalue weighted by Crippen LogP contribution is 2.38. The van der Waals surface area contributed by atoms with E-state index in [9.17, 15) is 4.79 Å². The van der Waals surface area contributed by atoms with E-state index in [0.29, 0.717) is 22.9 Å². The van der Waals surface area contributed by atoms with Gasteiger partial charge in [-0.05, 0) is 51.2 Å². The van der Waals surface area contributed by atoms with Gasteiger partial charge in [-0.15, -0.1) is 10.2 Å². The molecule has 1 saturated carbocycles. The summed E-state index contributed by atoms with van der Waals surface area (Å²) in [7, 11) is 0. The van der Waals surface area contributed by atoms with Crippen LogP contribution in [-0.4, -0.2) is 43.9 Å². The SMILES string of the molecule is CC1CCCCN1C(=O)CSc1nnc(-c2ccccc2Cl)n1C1CCCC1. The molecule has 1 aliphatic heterocycles. The summed E-state index contributed by atoms with van der Waals surface area (Å²) in [6.07, 6.45) is 8.12. The lowest BCUT2D eigenvalue weighted by Gasteiger charge is -2.33. The van der Waals surface area contributed by atoms with Gasteiger partial charge in [0.2, 0.25) is 5.91 Å². The Hall–Kier alpha value is -1.53. The maximum Gasteiger partial charge on any atom is 0.233 e. The van der Waals surface area contributed by atoms with E-state index in [-0.39, 0.29) is 5.91 Å². The Morgan fingerprint density at radius 3 is 2.64 bits per heavy atom. The molecular weight excluding hydrogens is 392 g/mol. The summed E-state index contributed by atoms with van der Waals surface area (Å²) in [6.45, 7) is 3.03. The van der Waals surface area contributed by atoms with Gasteiger partial charge >= 0.3 is 0 Å². The summed E-state index contributed by atoms with van der Waals surface area (Å²) in [5, 5.41) is 10.5. The number of hydrogen-bond donors (Lipinski definition) is 0. The van der Waals surface area contributed by atoms with Gasteiger partial charge in [0.25, 0.3) is 0 Å². The van der Waals surface area contributed by atoms with Crippen LogP contribution in [-0.2, 0) is 4.79 Å². The number of thioether (sulfide) groups is 1. The minimum Gasteiger partial charge on any atom is -0.339 e. The Bertz CT molecular complexity index is 834. The fourth-order valence-corrected chi connectivity index (χ4v) is 5.48. The van der Waals surface area contributed by atoms with Crippen LogP contribution in [0, 0.1) is 0 Å². The molecule has 2 fully saturated rings. The molecule has 2 aliphatic rings. The zero-order valence-electron chi connectivity index (χ0n) is 16.3. The third-order valence-corrected chi connectivity index (χ3v) is 7.17. The topological polar surface area (TPSA) is 51.0 Å². The smallest absolute Gasteiger partial charge is 0.233 e. The second kappa shape index (κ2) is 8.87. The number of carbonyl (C=O) groups excluding carboxylic acids is 1. The highest BCUT2D eigenvalue weighted by molar-refractivity contribution is 7.99. The van der Waals surface area contributed by atoms with Crippen molar-refractivity contribution in [2.75, 3.05) is 12.3 Å². The Balaban J connectivity index is 1.57. The van der Waals surface area contributed by atoms with Crippen LogP contribution in [0.2, 0.25) is 5.02 Å². The molecule has 28 heavy (non-hydrogen) atoms. The number of halogens is 1. The Morgan fingerprint density at radius 2 is 1.89 bits per heavy atom. The number of hydrogen-bond acceptors (Lipinski definition) is 4. The van der Waals surface area contributed by atoms with Crippen molar-refractivity contribution in [1.82, 2.24) is 19.7 Å². The molecule has 150 valence electrons. The van der Waals surface area contributed by atoms with Gasteiger partial charge in [0.15, 0.2) is 11.0 Å². The Kier molecular flexibility index (Phi) is 6.26. The Morgan fingerprint density at radius 1 is 1.14 bits per heavy atom. The van der Waals surface area contributed by atoms with Gasteiger partial charge in [-0.2, -0.15) is 0 Å². The minimum absolute atomic E-state index is 0.206. The number of piperidine rings is 1. The van der Waals surface area contributed by atoms with E-state index in [0.717, 1.165) is 48.8 Å². The fourth-order valence-electron chi connectivity index (χ4n) is 4.37. The lowest BCUT2D eigenvalue weighted by Crippen LogP contribution is -2.43. The largest absolute Gasteiger partial charge is 0.339 e. The van der Waals surface area contributed by atoms with Crippen molar-refractivity contribution in [2.24, 2.45) is 0 Å². The third-order valence-electron chi connectivity index (χ3n) is 5.92. The second-order valence-corrected chi connectivity index (χ2v) is 9.16.